The Morgan fingerprint density at radius 1 is 0.337 bits per heavy atom. The predicted octanol–water partition coefficient (Wildman–Crippen LogP) is 15.1. The third-order valence-corrected chi connectivity index (χ3v) is 27.6. The fourth-order valence-electron chi connectivity index (χ4n) is 12.9. The molecule has 0 amide bonds. The molecule has 1 N–H and O–H groups in total. The summed E-state index contributed by atoms with van der Waals surface area (Å²) in [5.74, 6) is 3.04. The minimum atomic E-state index is -2.84. The van der Waals surface area contributed by atoms with Crippen molar-refractivity contribution in [1.29, 1.82) is 0 Å². The summed E-state index contributed by atoms with van der Waals surface area (Å²) in [5, 5.41) is 16.0. The molecule has 10 rings (SSSR count). The van der Waals surface area contributed by atoms with E-state index < -0.39 is 40.0 Å². The van der Waals surface area contributed by atoms with Crippen LogP contribution in [-0.4, -0.2) is 95.4 Å². The number of ether oxygens (including phenoxy) is 7. The minimum absolute atomic E-state index is 0.0329. The standard InChI is InChI=1S/C43H48O5Si.C40H44O5Si/c1-7-31-46-39(33-48-49(42(2,3)4,40-19-13-9-14-20-40)41-21-15-10-16-22-41)32-47-43(34-17-11-8-12-18-34,35-23-27-37(44-5)28-24-35)36-25-29-38(45-6)30-26-36;1-39(2,3)46(37-17-11-7-12-18-37,38-19-13-8-14-20-38)45-30-34(41)29-44-40(31-15-9-6-10-16-31,32-21-25-35(42-4)26-22-32)33-23-27-36(43-5)28-24-33/h7-30,39H,1,31-33H2,2-6H3;6-28,34,41H,29-30H2,1-5H3/t39-;34-/m00/s1. The van der Waals surface area contributed by atoms with Crippen molar-refractivity contribution >= 4 is 37.4 Å². The summed E-state index contributed by atoms with van der Waals surface area (Å²) in [6.45, 7) is 18.6. The Kier molecular flexibility index (Phi) is 24.3. The average Bonchev–Trinajstić information content (AvgIpc) is 0.845. The Morgan fingerprint density at radius 2 is 0.589 bits per heavy atom. The molecule has 0 aliphatic carbocycles. The van der Waals surface area contributed by atoms with Gasteiger partial charge in [-0.05, 0) is 113 Å². The summed E-state index contributed by atoms with van der Waals surface area (Å²) in [6, 6.07) is 94.6. The highest BCUT2D eigenvalue weighted by molar-refractivity contribution is 7.00. The number of hydrogen-bond donors (Lipinski definition) is 1. The highest BCUT2D eigenvalue weighted by atomic mass is 28.4. The van der Waals surface area contributed by atoms with Gasteiger partial charge in [-0.2, -0.15) is 0 Å². The van der Waals surface area contributed by atoms with Crippen LogP contribution in [0, 0.1) is 0 Å². The first-order valence-corrected chi connectivity index (χ1v) is 36.2. The van der Waals surface area contributed by atoms with Crippen molar-refractivity contribution in [1.82, 2.24) is 0 Å². The number of aliphatic hydroxyl groups excluding tert-OH is 1. The second kappa shape index (κ2) is 32.7. The molecule has 0 saturated carbocycles. The summed E-state index contributed by atoms with van der Waals surface area (Å²) in [4.78, 5) is 0. The molecule has 2 atom stereocenters. The molecular formula is C83H92O10Si2. The largest absolute Gasteiger partial charge is 0.497 e. The van der Waals surface area contributed by atoms with Gasteiger partial charge in [-0.25, -0.2) is 0 Å². The summed E-state index contributed by atoms with van der Waals surface area (Å²) in [6.07, 6.45) is 0.466. The Balaban J connectivity index is 0.000000224. The minimum Gasteiger partial charge on any atom is -0.497 e. The molecule has 12 heteroatoms. The lowest BCUT2D eigenvalue weighted by Crippen LogP contribution is -2.67. The zero-order valence-electron chi connectivity index (χ0n) is 56.7. The van der Waals surface area contributed by atoms with Gasteiger partial charge in [-0.1, -0.05) is 278 Å². The van der Waals surface area contributed by atoms with Crippen LogP contribution in [0.5, 0.6) is 23.0 Å². The zero-order valence-corrected chi connectivity index (χ0v) is 58.7. The maximum Gasteiger partial charge on any atom is 0.261 e. The monoisotopic (exact) mass is 1300 g/mol. The predicted molar refractivity (Wildman–Crippen MR) is 390 cm³/mol. The van der Waals surface area contributed by atoms with Gasteiger partial charge >= 0.3 is 0 Å². The van der Waals surface area contributed by atoms with E-state index in [1.165, 1.54) is 10.4 Å². The number of methoxy groups -OCH3 is 4. The third-order valence-electron chi connectivity index (χ3n) is 17.6. The lowest BCUT2D eigenvalue weighted by atomic mass is 9.80. The van der Waals surface area contributed by atoms with E-state index in [0.717, 1.165) is 66.8 Å². The summed E-state index contributed by atoms with van der Waals surface area (Å²) >= 11 is 0. The molecule has 0 unspecified atom stereocenters. The first kappa shape index (κ1) is 70.6. The van der Waals surface area contributed by atoms with Crippen molar-refractivity contribution in [3.63, 3.8) is 0 Å². The first-order chi connectivity index (χ1) is 46.0. The van der Waals surface area contributed by atoms with Crippen molar-refractivity contribution in [3.8, 4) is 23.0 Å². The summed E-state index contributed by atoms with van der Waals surface area (Å²) in [5.41, 5.74) is 3.64. The maximum absolute atomic E-state index is 11.7. The van der Waals surface area contributed by atoms with Crippen LogP contribution < -0.4 is 39.7 Å². The van der Waals surface area contributed by atoms with E-state index >= 15 is 0 Å². The zero-order chi connectivity index (χ0) is 67.4. The van der Waals surface area contributed by atoms with Crippen molar-refractivity contribution in [2.24, 2.45) is 0 Å². The van der Waals surface area contributed by atoms with Crippen LogP contribution in [0.4, 0.5) is 0 Å². The summed E-state index contributed by atoms with van der Waals surface area (Å²) < 4.78 is 57.1. The van der Waals surface area contributed by atoms with Gasteiger partial charge in [0, 0.05) is 0 Å². The molecule has 10 aromatic carbocycles. The van der Waals surface area contributed by atoms with Gasteiger partial charge in [-0.15, -0.1) is 6.58 Å². The van der Waals surface area contributed by atoms with Crippen LogP contribution in [0.1, 0.15) is 74.9 Å². The van der Waals surface area contributed by atoms with Crippen LogP contribution >= 0.6 is 0 Å². The van der Waals surface area contributed by atoms with Crippen LogP contribution in [0.25, 0.3) is 0 Å². The van der Waals surface area contributed by atoms with Crippen LogP contribution in [0.15, 0.2) is 292 Å². The lowest BCUT2D eigenvalue weighted by Gasteiger charge is -2.44. The van der Waals surface area contributed by atoms with Gasteiger partial charge in [0.05, 0.1) is 67.6 Å². The topological polar surface area (TPSA) is 103 Å². The van der Waals surface area contributed by atoms with E-state index in [2.05, 4.69) is 206 Å². The molecule has 0 radical (unpaired) electrons. The Labute approximate surface area is 565 Å². The number of benzene rings is 10. The molecule has 10 aromatic rings. The van der Waals surface area contributed by atoms with Gasteiger partial charge in [0.15, 0.2) is 0 Å². The smallest absolute Gasteiger partial charge is 0.261 e. The maximum atomic E-state index is 11.7. The van der Waals surface area contributed by atoms with E-state index in [0.29, 0.717) is 13.2 Å². The van der Waals surface area contributed by atoms with Gasteiger partial charge in [0.1, 0.15) is 40.3 Å². The molecule has 0 fully saturated rings. The Bertz CT molecular complexity index is 3690. The van der Waals surface area contributed by atoms with E-state index in [-0.39, 0.29) is 29.9 Å². The highest BCUT2D eigenvalue weighted by Crippen LogP contribution is 2.45. The van der Waals surface area contributed by atoms with E-state index in [4.69, 9.17) is 42.0 Å². The Morgan fingerprint density at radius 3 is 0.853 bits per heavy atom. The molecule has 492 valence electrons. The molecule has 0 aliphatic heterocycles. The van der Waals surface area contributed by atoms with Gasteiger partial charge < -0.3 is 47.1 Å². The fourth-order valence-corrected chi connectivity index (χ4v) is 22.1. The second-order valence-electron chi connectivity index (χ2n) is 25.5. The molecule has 0 aromatic heterocycles. The quantitative estimate of drug-likeness (QED) is 0.0277. The number of hydrogen-bond acceptors (Lipinski definition) is 10. The molecule has 0 aliphatic rings. The summed E-state index contributed by atoms with van der Waals surface area (Å²) in [7, 11) is 0.984. The van der Waals surface area contributed by atoms with Crippen LogP contribution in [0.3, 0.4) is 0 Å². The second-order valence-corrected chi connectivity index (χ2v) is 34.1. The Hall–Kier alpha value is -8.67. The van der Waals surface area contributed by atoms with E-state index in [9.17, 15) is 5.11 Å². The van der Waals surface area contributed by atoms with Gasteiger partial charge in [0.2, 0.25) is 0 Å². The van der Waals surface area contributed by atoms with Crippen molar-refractivity contribution in [2.45, 2.75) is 75.0 Å². The van der Waals surface area contributed by atoms with Gasteiger partial charge in [-0.3, -0.25) is 0 Å². The SMILES string of the molecule is C=CCO[C@@H](COC(c1ccccc1)(c1ccc(OC)cc1)c1ccc(OC)cc1)CO[Si](c1ccccc1)(c1ccccc1)C(C)(C)C.COc1ccc(C(OC[C@H](O)CO[Si](c2ccccc2)(c2ccccc2)C(C)(C)C)(c2ccccc2)c2ccc(OC)cc2)cc1. The highest BCUT2D eigenvalue weighted by Gasteiger charge is 2.52. The van der Waals surface area contributed by atoms with Crippen molar-refractivity contribution < 1.29 is 47.1 Å². The lowest BCUT2D eigenvalue weighted by molar-refractivity contribution is -0.0726. The molecule has 0 saturated heterocycles. The van der Waals surface area contributed by atoms with Crippen LogP contribution in [0.2, 0.25) is 10.1 Å². The molecule has 0 bridgehead atoms. The molecule has 10 nitrogen and oxygen atoms in total. The molecule has 0 heterocycles. The van der Waals surface area contributed by atoms with Crippen LogP contribution in [-0.2, 0) is 34.3 Å². The van der Waals surface area contributed by atoms with Gasteiger partial charge in [0.25, 0.3) is 16.6 Å². The fraction of sp³-hybridized carbons (Fsp3) is 0.253. The van der Waals surface area contributed by atoms with E-state index in [1.807, 2.05) is 121 Å². The van der Waals surface area contributed by atoms with Crippen molar-refractivity contribution in [2.75, 3.05) is 61.5 Å². The molecule has 0 spiro atoms. The first-order valence-electron chi connectivity index (χ1n) is 32.4. The molecule has 95 heavy (non-hydrogen) atoms. The van der Waals surface area contributed by atoms with E-state index in [1.54, 1.807) is 34.5 Å². The normalized spacial score (nSPS) is 12.7. The van der Waals surface area contributed by atoms with Crippen molar-refractivity contribution in [3.05, 3.63) is 325 Å². The third kappa shape index (κ3) is 15.9. The molecular weight excluding hydrogens is 1210 g/mol. The number of rotatable bonds is 29. The average molecular weight is 1310 g/mol. The number of aliphatic hydroxyl groups is 1.